The zero-order chi connectivity index (χ0) is 21.2. The molecule has 0 radical (unpaired) electrons. The van der Waals surface area contributed by atoms with Gasteiger partial charge in [0.1, 0.15) is 6.61 Å². The molecule has 3 rings (SSSR count). The van der Waals surface area contributed by atoms with Crippen molar-refractivity contribution in [3.8, 4) is 17.4 Å². The fourth-order valence-corrected chi connectivity index (χ4v) is 2.80. The fourth-order valence-electron chi connectivity index (χ4n) is 2.80. The lowest BCUT2D eigenvalue weighted by Gasteiger charge is -2.12. The Balaban J connectivity index is 1.58. The zero-order valence-corrected chi connectivity index (χ0v) is 17.3. The van der Waals surface area contributed by atoms with Crippen LogP contribution in [0, 0.1) is 0 Å². The Morgan fingerprint density at radius 2 is 1.80 bits per heavy atom. The molecule has 30 heavy (non-hydrogen) atoms. The third-order valence-corrected chi connectivity index (χ3v) is 4.37. The Bertz CT molecular complexity index is 960. The molecule has 1 aromatic heterocycles. The first-order chi connectivity index (χ1) is 14.7. The molecule has 0 aliphatic heterocycles. The van der Waals surface area contributed by atoms with Crippen LogP contribution >= 0.6 is 0 Å². The van der Waals surface area contributed by atoms with Crippen LogP contribution in [0.4, 0.5) is 0 Å². The lowest BCUT2D eigenvalue weighted by atomic mass is 10.2. The third-order valence-electron chi connectivity index (χ3n) is 4.37. The molecule has 0 unspecified atom stereocenters. The van der Waals surface area contributed by atoms with E-state index in [2.05, 4.69) is 10.3 Å². The van der Waals surface area contributed by atoms with E-state index >= 15 is 0 Å². The van der Waals surface area contributed by atoms with E-state index in [-0.39, 0.29) is 5.91 Å². The summed E-state index contributed by atoms with van der Waals surface area (Å²) in [4.78, 5) is 16.7. The quantitative estimate of drug-likeness (QED) is 0.541. The molecule has 1 amide bonds. The minimum absolute atomic E-state index is 0.202. The van der Waals surface area contributed by atoms with Gasteiger partial charge in [0, 0.05) is 24.4 Å². The summed E-state index contributed by atoms with van der Waals surface area (Å²) < 4.78 is 16.8. The van der Waals surface area contributed by atoms with Crippen molar-refractivity contribution in [3.63, 3.8) is 0 Å². The summed E-state index contributed by atoms with van der Waals surface area (Å²) in [5.41, 5.74) is 2.44. The molecule has 156 valence electrons. The second-order valence-corrected chi connectivity index (χ2v) is 6.67. The van der Waals surface area contributed by atoms with Crippen molar-refractivity contribution in [1.29, 1.82) is 0 Å². The van der Waals surface area contributed by atoms with Gasteiger partial charge in [0.05, 0.1) is 13.7 Å². The summed E-state index contributed by atoms with van der Waals surface area (Å²) in [6.45, 7) is 3.44. The van der Waals surface area contributed by atoms with Gasteiger partial charge in [-0.1, -0.05) is 43.3 Å². The Morgan fingerprint density at radius 1 is 0.967 bits per heavy atom. The van der Waals surface area contributed by atoms with E-state index in [1.807, 2.05) is 55.5 Å². The van der Waals surface area contributed by atoms with Gasteiger partial charge in [0.25, 0.3) is 5.91 Å². The van der Waals surface area contributed by atoms with Crippen molar-refractivity contribution in [2.45, 2.75) is 26.5 Å². The highest BCUT2D eigenvalue weighted by Gasteiger charge is 2.10. The molecule has 0 atom stereocenters. The van der Waals surface area contributed by atoms with Crippen molar-refractivity contribution >= 4 is 5.91 Å². The van der Waals surface area contributed by atoms with E-state index in [1.54, 1.807) is 25.4 Å². The minimum Gasteiger partial charge on any atom is -0.493 e. The molecule has 0 saturated carbocycles. The van der Waals surface area contributed by atoms with E-state index in [0.717, 1.165) is 17.5 Å². The highest BCUT2D eigenvalue weighted by atomic mass is 16.5. The number of aromatic nitrogens is 1. The second-order valence-electron chi connectivity index (χ2n) is 6.67. The number of hydrogen-bond donors (Lipinski definition) is 1. The van der Waals surface area contributed by atoms with Crippen LogP contribution in [-0.4, -0.2) is 24.6 Å². The van der Waals surface area contributed by atoms with Crippen LogP contribution in [0.1, 0.15) is 34.8 Å². The van der Waals surface area contributed by atoms with Gasteiger partial charge < -0.3 is 19.5 Å². The predicted molar refractivity (Wildman–Crippen MR) is 115 cm³/mol. The van der Waals surface area contributed by atoms with Gasteiger partial charge in [0.2, 0.25) is 5.88 Å². The summed E-state index contributed by atoms with van der Waals surface area (Å²) in [5, 5.41) is 2.91. The third kappa shape index (κ3) is 5.98. The van der Waals surface area contributed by atoms with Crippen LogP contribution in [0.25, 0.3) is 0 Å². The first-order valence-corrected chi connectivity index (χ1v) is 9.90. The zero-order valence-electron chi connectivity index (χ0n) is 17.3. The van der Waals surface area contributed by atoms with E-state index in [0.29, 0.717) is 42.7 Å². The molecule has 0 aliphatic carbocycles. The average Bonchev–Trinajstić information content (AvgIpc) is 2.81. The molecule has 1 N–H and O–H groups in total. The van der Waals surface area contributed by atoms with Crippen molar-refractivity contribution < 1.29 is 19.0 Å². The average molecular weight is 406 g/mol. The maximum absolute atomic E-state index is 12.6. The monoisotopic (exact) mass is 406 g/mol. The van der Waals surface area contributed by atoms with Crippen molar-refractivity contribution in [2.24, 2.45) is 0 Å². The van der Waals surface area contributed by atoms with Gasteiger partial charge in [0.15, 0.2) is 11.5 Å². The van der Waals surface area contributed by atoms with Crippen LogP contribution in [0.3, 0.4) is 0 Å². The SMILES string of the molecule is CCCOc1ccc(CNC(=O)c2ccnc(OCc3ccccc3)c2)cc1OC. The van der Waals surface area contributed by atoms with Gasteiger partial charge in [-0.3, -0.25) is 4.79 Å². The fraction of sp³-hybridized carbons (Fsp3) is 0.250. The maximum atomic E-state index is 12.6. The number of rotatable bonds is 10. The molecule has 6 nitrogen and oxygen atoms in total. The number of nitrogens with zero attached hydrogens (tertiary/aromatic N) is 1. The van der Waals surface area contributed by atoms with Gasteiger partial charge in [-0.15, -0.1) is 0 Å². The standard InChI is InChI=1S/C24H26N2O4/c1-3-13-29-21-10-9-19(14-22(21)28-2)16-26-24(27)20-11-12-25-23(15-20)30-17-18-7-5-4-6-8-18/h4-12,14-15H,3,13,16-17H2,1-2H3,(H,26,27). The Morgan fingerprint density at radius 3 is 2.57 bits per heavy atom. The number of methoxy groups -OCH3 is 1. The Labute approximate surface area is 176 Å². The summed E-state index contributed by atoms with van der Waals surface area (Å²) in [6, 6.07) is 18.7. The predicted octanol–water partition coefficient (Wildman–Crippen LogP) is 4.39. The molecule has 0 aliphatic rings. The van der Waals surface area contributed by atoms with Gasteiger partial charge in [-0.05, 0) is 35.7 Å². The number of hydrogen-bond acceptors (Lipinski definition) is 5. The van der Waals surface area contributed by atoms with Crippen LogP contribution in [0.2, 0.25) is 0 Å². The van der Waals surface area contributed by atoms with Gasteiger partial charge in [-0.2, -0.15) is 0 Å². The molecule has 0 bridgehead atoms. The van der Waals surface area contributed by atoms with E-state index in [1.165, 1.54) is 0 Å². The highest BCUT2D eigenvalue weighted by Crippen LogP contribution is 2.28. The molecule has 2 aromatic carbocycles. The summed E-state index contributed by atoms with van der Waals surface area (Å²) in [6.07, 6.45) is 2.49. The summed E-state index contributed by atoms with van der Waals surface area (Å²) >= 11 is 0. The van der Waals surface area contributed by atoms with E-state index in [9.17, 15) is 4.79 Å². The van der Waals surface area contributed by atoms with E-state index < -0.39 is 0 Å². The van der Waals surface area contributed by atoms with Crippen LogP contribution < -0.4 is 19.5 Å². The largest absolute Gasteiger partial charge is 0.493 e. The normalized spacial score (nSPS) is 10.3. The number of amides is 1. The number of pyridine rings is 1. The number of carbonyl (C=O) groups excluding carboxylic acids is 1. The molecule has 1 heterocycles. The number of ether oxygens (including phenoxy) is 3. The molecule has 3 aromatic rings. The lowest BCUT2D eigenvalue weighted by Crippen LogP contribution is -2.23. The van der Waals surface area contributed by atoms with Crippen LogP contribution in [0.5, 0.6) is 17.4 Å². The molecule has 0 saturated heterocycles. The maximum Gasteiger partial charge on any atom is 0.251 e. The molecule has 6 heteroatoms. The Kier molecular flexibility index (Phi) is 7.66. The van der Waals surface area contributed by atoms with Crippen molar-refractivity contribution in [1.82, 2.24) is 10.3 Å². The van der Waals surface area contributed by atoms with E-state index in [4.69, 9.17) is 14.2 Å². The summed E-state index contributed by atoms with van der Waals surface area (Å²) in [7, 11) is 1.60. The first-order valence-electron chi connectivity index (χ1n) is 9.90. The van der Waals surface area contributed by atoms with Crippen molar-refractivity contribution in [3.05, 3.63) is 83.6 Å². The topological polar surface area (TPSA) is 69.7 Å². The van der Waals surface area contributed by atoms with Crippen molar-refractivity contribution in [2.75, 3.05) is 13.7 Å². The van der Waals surface area contributed by atoms with Gasteiger partial charge in [-0.25, -0.2) is 4.98 Å². The Hall–Kier alpha value is -3.54. The lowest BCUT2D eigenvalue weighted by molar-refractivity contribution is 0.0950. The van der Waals surface area contributed by atoms with Crippen LogP contribution in [0.15, 0.2) is 66.9 Å². The molecule has 0 fully saturated rings. The molecular weight excluding hydrogens is 380 g/mol. The number of carbonyl (C=O) groups is 1. The number of nitrogens with one attached hydrogen (secondary N) is 1. The minimum atomic E-state index is -0.202. The summed E-state index contributed by atoms with van der Waals surface area (Å²) in [5.74, 6) is 1.55. The smallest absolute Gasteiger partial charge is 0.251 e. The highest BCUT2D eigenvalue weighted by molar-refractivity contribution is 5.94. The van der Waals surface area contributed by atoms with Crippen LogP contribution in [-0.2, 0) is 13.2 Å². The number of benzene rings is 2. The van der Waals surface area contributed by atoms with Gasteiger partial charge >= 0.3 is 0 Å². The molecular formula is C24H26N2O4. The first kappa shape index (κ1) is 21.2. The second kappa shape index (κ2) is 10.9. The molecule has 0 spiro atoms.